The van der Waals surface area contributed by atoms with E-state index in [-0.39, 0.29) is 17.1 Å². The van der Waals surface area contributed by atoms with Crippen LogP contribution < -0.4 is 0 Å². The van der Waals surface area contributed by atoms with Gasteiger partial charge in [0.05, 0.1) is 0 Å². The Morgan fingerprint density at radius 1 is 1.00 bits per heavy atom. The van der Waals surface area contributed by atoms with Gasteiger partial charge in [-0.05, 0) is 16.5 Å². The average molecular weight is 232 g/mol. The first-order valence-electron chi connectivity index (χ1n) is 5.50. The van der Waals surface area contributed by atoms with Crippen molar-refractivity contribution in [3.63, 3.8) is 0 Å². The normalized spacial score (nSPS) is 11.7. The van der Waals surface area contributed by atoms with Crippen LogP contribution in [0.5, 0.6) is 11.7 Å². The molecule has 0 atom stereocenters. The molecular weight excluding hydrogens is 216 g/mol. The Morgan fingerprint density at radius 3 is 2.00 bits per heavy atom. The van der Waals surface area contributed by atoms with Crippen molar-refractivity contribution in [1.82, 2.24) is 0 Å². The van der Waals surface area contributed by atoms with Crippen molar-refractivity contribution in [3.05, 3.63) is 36.1 Å². The van der Waals surface area contributed by atoms with E-state index in [0.29, 0.717) is 5.56 Å². The fraction of sp³-hybridized carbons (Fsp3) is 0.286. The van der Waals surface area contributed by atoms with E-state index in [1.165, 1.54) is 5.56 Å². The molecule has 2 N–H and O–H groups in total. The van der Waals surface area contributed by atoms with Crippen LogP contribution in [0.15, 0.2) is 34.9 Å². The fourth-order valence-corrected chi connectivity index (χ4v) is 1.75. The Kier molecular flexibility index (Phi) is 2.62. The van der Waals surface area contributed by atoms with Crippen molar-refractivity contribution in [2.45, 2.75) is 26.2 Å². The predicted molar refractivity (Wildman–Crippen MR) is 66.2 cm³/mol. The summed E-state index contributed by atoms with van der Waals surface area (Å²) in [6, 6.07) is 7.71. The molecule has 0 unspecified atom stereocenters. The molecule has 2 rings (SSSR count). The van der Waals surface area contributed by atoms with Crippen LogP contribution in [0.25, 0.3) is 11.1 Å². The topological polar surface area (TPSA) is 53.6 Å². The van der Waals surface area contributed by atoms with Crippen molar-refractivity contribution in [2.75, 3.05) is 0 Å². The molecule has 0 amide bonds. The van der Waals surface area contributed by atoms with Gasteiger partial charge in [0.25, 0.3) is 5.95 Å². The highest BCUT2D eigenvalue weighted by Crippen LogP contribution is 2.39. The van der Waals surface area contributed by atoms with E-state index in [9.17, 15) is 10.2 Å². The number of furan rings is 1. The zero-order valence-electron chi connectivity index (χ0n) is 10.2. The van der Waals surface area contributed by atoms with Crippen molar-refractivity contribution in [1.29, 1.82) is 0 Å². The summed E-state index contributed by atoms with van der Waals surface area (Å²) in [5, 5.41) is 19.0. The van der Waals surface area contributed by atoms with Crippen LogP contribution in [-0.4, -0.2) is 10.2 Å². The lowest BCUT2D eigenvalue weighted by atomic mass is 9.86. The molecule has 17 heavy (non-hydrogen) atoms. The molecule has 3 heteroatoms. The minimum absolute atomic E-state index is 0.0500. The van der Waals surface area contributed by atoms with E-state index >= 15 is 0 Å². The molecule has 2 aromatic rings. The summed E-state index contributed by atoms with van der Waals surface area (Å²) in [6.45, 7) is 6.40. The van der Waals surface area contributed by atoms with E-state index in [2.05, 4.69) is 20.8 Å². The first kappa shape index (κ1) is 11.6. The molecule has 0 radical (unpaired) electrons. The maximum absolute atomic E-state index is 9.56. The van der Waals surface area contributed by atoms with Crippen LogP contribution in [0.2, 0.25) is 0 Å². The highest BCUT2D eigenvalue weighted by atomic mass is 16.5. The minimum atomic E-state index is -0.258. The minimum Gasteiger partial charge on any atom is -0.504 e. The zero-order valence-corrected chi connectivity index (χ0v) is 10.2. The summed E-state index contributed by atoms with van der Waals surface area (Å²) in [6.07, 6.45) is 1.13. The van der Waals surface area contributed by atoms with Gasteiger partial charge in [-0.3, -0.25) is 0 Å². The van der Waals surface area contributed by atoms with Gasteiger partial charge in [0.15, 0.2) is 5.75 Å². The molecule has 1 heterocycles. The van der Waals surface area contributed by atoms with Gasteiger partial charge in [0.1, 0.15) is 11.8 Å². The van der Waals surface area contributed by atoms with Crippen LogP contribution in [-0.2, 0) is 5.41 Å². The SMILES string of the molecule is CC(C)(C)c1ccc(-c2c(O)coc2O)cc1. The maximum atomic E-state index is 9.56. The quantitative estimate of drug-likeness (QED) is 0.789. The Morgan fingerprint density at radius 2 is 1.59 bits per heavy atom. The Bertz CT molecular complexity index is 496. The van der Waals surface area contributed by atoms with Gasteiger partial charge in [0, 0.05) is 0 Å². The molecule has 0 saturated carbocycles. The summed E-state index contributed by atoms with van der Waals surface area (Å²) >= 11 is 0. The third kappa shape index (κ3) is 2.13. The summed E-state index contributed by atoms with van der Waals surface area (Å²) < 4.78 is 4.75. The number of hydrogen-bond donors (Lipinski definition) is 2. The molecule has 0 aliphatic heterocycles. The lowest BCUT2D eigenvalue weighted by Gasteiger charge is -2.19. The second-order valence-corrected chi connectivity index (χ2v) is 5.13. The zero-order chi connectivity index (χ0) is 12.6. The number of rotatable bonds is 1. The molecule has 3 nitrogen and oxygen atoms in total. The van der Waals surface area contributed by atoms with Crippen molar-refractivity contribution < 1.29 is 14.6 Å². The monoisotopic (exact) mass is 232 g/mol. The fourth-order valence-electron chi connectivity index (χ4n) is 1.75. The van der Waals surface area contributed by atoms with Crippen LogP contribution in [0.4, 0.5) is 0 Å². The lowest BCUT2D eigenvalue weighted by molar-refractivity contribution is 0.333. The van der Waals surface area contributed by atoms with Crippen LogP contribution in [0, 0.1) is 0 Å². The Labute approximate surface area is 100 Å². The standard InChI is InChI=1S/C14H16O3/c1-14(2,3)10-6-4-9(5-7-10)12-11(15)8-17-13(12)16/h4-8,15-16H,1-3H3. The Balaban J connectivity index is 2.43. The summed E-state index contributed by atoms with van der Waals surface area (Å²) in [4.78, 5) is 0. The van der Waals surface area contributed by atoms with Crippen LogP contribution in [0.1, 0.15) is 26.3 Å². The van der Waals surface area contributed by atoms with E-state index < -0.39 is 0 Å². The number of hydrogen-bond acceptors (Lipinski definition) is 3. The highest BCUT2D eigenvalue weighted by Gasteiger charge is 2.17. The molecule has 1 aromatic heterocycles. The summed E-state index contributed by atoms with van der Waals surface area (Å²) in [5.74, 6) is -0.308. The Hall–Kier alpha value is -1.90. The molecule has 0 spiro atoms. The van der Waals surface area contributed by atoms with Gasteiger partial charge < -0.3 is 14.6 Å². The highest BCUT2D eigenvalue weighted by molar-refractivity contribution is 5.74. The second kappa shape index (κ2) is 3.84. The third-order valence-corrected chi connectivity index (χ3v) is 2.79. The van der Waals surface area contributed by atoms with Gasteiger partial charge in [-0.2, -0.15) is 0 Å². The van der Waals surface area contributed by atoms with Gasteiger partial charge in [-0.15, -0.1) is 0 Å². The molecular formula is C14H16O3. The van der Waals surface area contributed by atoms with Crippen LogP contribution >= 0.6 is 0 Å². The van der Waals surface area contributed by atoms with Crippen LogP contribution in [0.3, 0.4) is 0 Å². The van der Waals surface area contributed by atoms with E-state index in [1.807, 2.05) is 24.3 Å². The van der Waals surface area contributed by atoms with Crippen molar-refractivity contribution in [3.8, 4) is 22.8 Å². The van der Waals surface area contributed by atoms with E-state index in [0.717, 1.165) is 11.8 Å². The summed E-state index contributed by atoms with van der Waals surface area (Å²) in [7, 11) is 0. The number of benzene rings is 1. The van der Waals surface area contributed by atoms with Gasteiger partial charge in [0.2, 0.25) is 0 Å². The lowest BCUT2D eigenvalue weighted by Crippen LogP contribution is -2.10. The molecule has 90 valence electrons. The average Bonchev–Trinajstić information content (AvgIpc) is 2.58. The van der Waals surface area contributed by atoms with Gasteiger partial charge in [-0.1, -0.05) is 45.0 Å². The molecule has 0 saturated heterocycles. The van der Waals surface area contributed by atoms with E-state index in [4.69, 9.17) is 4.42 Å². The number of aromatic hydroxyl groups is 2. The van der Waals surface area contributed by atoms with Gasteiger partial charge >= 0.3 is 0 Å². The smallest absolute Gasteiger partial charge is 0.293 e. The maximum Gasteiger partial charge on any atom is 0.293 e. The largest absolute Gasteiger partial charge is 0.504 e. The van der Waals surface area contributed by atoms with Crippen molar-refractivity contribution >= 4 is 0 Å². The molecule has 0 aliphatic rings. The summed E-state index contributed by atoms with van der Waals surface area (Å²) in [5.41, 5.74) is 2.36. The van der Waals surface area contributed by atoms with E-state index in [1.54, 1.807) is 0 Å². The van der Waals surface area contributed by atoms with Gasteiger partial charge in [-0.25, -0.2) is 0 Å². The molecule has 0 bridgehead atoms. The molecule has 0 fully saturated rings. The third-order valence-electron chi connectivity index (χ3n) is 2.79. The molecule has 0 aliphatic carbocycles. The molecule has 1 aromatic carbocycles. The van der Waals surface area contributed by atoms with Crippen molar-refractivity contribution in [2.24, 2.45) is 0 Å². The first-order chi connectivity index (χ1) is 7.89. The predicted octanol–water partition coefficient (Wildman–Crippen LogP) is 3.66. The second-order valence-electron chi connectivity index (χ2n) is 5.13. The first-order valence-corrected chi connectivity index (χ1v) is 5.50.